The number of nitrogens with one attached hydrogen (secondary N) is 1. The van der Waals surface area contributed by atoms with Gasteiger partial charge in [0.25, 0.3) is 10.0 Å². The zero-order chi connectivity index (χ0) is 30.9. The molecule has 2 amide bonds. The van der Waals surface area contributed by atoms with Crippen LogP contribution in [0.1, 0.15) is 45.2 Å². The maximum absolute atomic E-state index is 14.2. The van der Waals surface area contributed by atoms with Gasteiger partial charge in [-0.2, -0.15) is 0 Å². The molecule has 1 atom stereocenters. The summed E-state index contributed by atoms with van der Waals surface area (Å²) in [5.74, 6) is 0.0630. The second-order valence-electron chi connectivity index (χ2n) is 10.5. The zero-order valence-corrected chi connectivity index (χ0v) is 27.2. The highest BCUT2D eigenvalue weighted by Crippen LogP contribution is 2.27. The molecular formula is C32H40BrN3O5S. The maximum Gasteiger partial charge on any atom is 0.264 e. The predicted molar refractivity (Wildman–Crippen MR) is 170 cm³/mol. The molecule has 0 fully saturated rings. The van der Waals surface area contributed by atoms with Crippen molar-refractivity contribution >= 4 is 43.5 Å². The first kappa shape index (κ1) is 33.1. The van der Waals surface area contributed by atoms with Crippen LogP contribution >= 0.6 is 15.9 Å². The lowest BCUT2D eigenvalue weighted by Crippen LogP contribution is -2.52. The number of benzene rings is 3. The lowest BCUT2D eigenvalue weighted by molar-refractivity contribution is -0.140. The number of amides is 2. The smallest absolute Gasteiger partial charge is 0.264 e. The highest BCUT2D eigenvalue weighted by Gasteiger charge is 2.33. The Labute approximate surface area is 258 Å². The average Bonchev–Trinajstić information content (AvgIpc) is 2.96. The molecule has 0 bridgehead atoms. The lowest BCUT2D eigenvalue weighted by Gasteiger charge is -2.33. The highest BCUT2D eigenvalue weighted by atomic mass is 79.9. The van der Waals surface area contributed by atoms with Gasteiger partial charge in [0.1, 0.15) is 18.3 Å². The van der Waals surface area contributed by atoms with E-state index >= 15 is 0 Å². The Morgan fingerprint density at radius 3 is 2.10 bits per heavy atom. The van der Waals surface area contributed by atoms with E-state index in [4.69, 9.17) is 4.74 Å². The molecule has 3 rings (SSSR count). The van der Waals surface area contributed by atoms with Crippen LogP contribution in [0.15, 0.2) is 82.2 Å². The lowest BCUT2D eigenvalue weighted by atomic mass is 10.1. The first-order valence-electron chi connectivity index (χ1n) is 14.1. The fourth-order valence-electron chi connectivity index (χ4n) is 4.37. The van der Waals surface area contributed by atoms with Crippen LogP contribution in [-0.2, 0) is 26.2 Å². The van der Waals surface area contributed by atoms with Crippen LogP contribution in [0.4, 0.5) is 5.69 Å². The molecule has 0 saturated heterocycles. The summed E-state index contributed by atoms with van der Waals surface area (Å²) in [5.41, 5.74) is 2.22. The molecule has 226 valence electrons. The number of hydrogen-bond donors (Lipinski definition) is 1. The van der Waals surface area contributed by atoms with Crippen LogP contribution in [0.5, 0.6) is 5.75 Å². The van der Waals surface area contributed by atoms with Crippen molar-refractivity contribution in [1.82, 2.24) is 10.2 Å². The van der Waals surface area contributed by atoms with E-state index in [1.165, 1.54) is 17.0 Å². The number of sulfonamides is 1. The molecule has 0 aromatic heterocycles. The van der Waals surface area contributed by atoms with E-state index in [2.05, 4.69) is 21.2 Å². The number of halogens is 1. The number of carbonyl (C=O) groups is 2. The molecule has 1 N–H and O–H groups in total. The molecule has 8 nitrogen and oxygen atoms in total. The third-order valence-electron chi connectivity index (χ3n) is 6.66. The number of rotatable bonds is 14. The van der Waals surface area contributed by atoms with Gasteiger partial charge in [-0.15, -0.1) is 0 Å². The van der Waals surface area contributed by atoms with Crippen molar-refractivity contribution in [3.63, 3.8) is 0 Å². The van der Waals surface area contributed by atoms with E-state index in [1.807, 2.05) is 58.9 Å². The van der Waals surface area contributed by atoms with E-state index < -0.39 is 28.5 Å². The minimum Gasteiger partial charge on any atom is -0.494 e. The fourth-order valence-corrected chi connectivity index (χ4v) is 6.05. The quantitative estimate of drug-likeness (QED) is 0.232. The molecule has 0 radical (unpaired) electrons. The number of nitrogens with zero attached hydrogens (tertiary/aromatic N) is 2. The van der Waals surface area contributed by atoms with Gasteiger partial charge in [-0.1, -0.05) is 66.5 Å². The van der Waals surface area contributed by atoms with Gasteiger partial charge >= 0.3 is 0 Å². The van der Waals surface area contributed by atoms with Gasteiger partial charge in [-0.25, -0.2) is 8.42 Å². The topological polar surface area (TPSA) is 96.0 Å². The second kappa shape index (κ2) is 15.2. The molecule has 0 heterocycles. The normalized spacial score (nSPS) is 12.1. The minimum atomic E-state index is -4.15. The van der Waals surface area contributed by atoms with Crippen LogP contribution in [0.3, 0.4) is 0 Å². The number of carbonyl (C=O) groups excluding carboxylic acids is 2. The van der Waals surface area contributed by atoms with Crippen molar-refractivity contribution in [1.29, 1.82) is 0 Å². The van der Waals surface area contributed by atoms with Crippen molar-refractivity contribution in [2.45, 2.75) is 58.5 Å². The monoisotopic (exact) mass is 657 g/mol. The van der Waals surface area contributed by atoms with Gasteiger partial charge in [0, 0.05) is 17.6 Å². The van der Waals surface area contributed by atoms with Gasteiger partial charge in [-0.05, 0) is 80.3 Å². The summed E-state index contributed by atoms with van der Waals surface area (Å²) in [5, 5.41) is 2.94. The summed E-state index contributed by atoms with van der Waals surface area (Å²) in [4.78, 5) is 29.0. The van der Waals surface area contributed by atoms with Crippen LogP contribution in [0.2, 0.25) is 0 Å². The van der Waals surface area contributed by atoms with Crippen molar-refractivity contribution in [3.05, 3.63) is 88.4 Å². The van der Waals surface area contributed by atoms with E-state index in [0.29, 0.717) is 31.0 Å². The molecular weight excluding hydrogens is 618 g/mol. The number of ether oxygens (including phenoxy) is 1. The summed E-state index contributed by atoms with van der Waals surface area (Å²) in [6.07, 6.45) is 0.365. The molecule has 10 heteroatoms. The van der Waals surface area contributed by atoms with E-state index in [9.17, 15) is 18.0 Å². The summed E-state index contributed by atoms with van der Waals surface area (Å²) in [6, 6.07) is 19.8. The molecule has 3 aromatic carbocycles. The summed E-state index contributed by atoms with van der Waals surface area (Å²) in [7, 11) is -4.15. The first-order chi connectivity index (χ1) is 20.0. The van der Waals surface area contributed by atoms with Crippen molar-refractivity contribution in [3.8, 4) is 5.75 Å². The van der Waals surface area contributed by atoms with Gasteiger partial charge in [0.05, 0.1) is 17.2 Å². The Morgan fingerprint density at radius 1 is 0.929 bits per heavy atom. The zero-order valence-electron chi connectivity index (χ0n) is 24.8. The Morgan fingerprint density at radius 2 is 1.55 bits per heavy atom. The molecule has 1 unspecified atom stereocenters. The Balaban J connectivity index is 2.04. The molecule has 0 aliphatic carbocycles. The Kier molecular flexibility index (Phi) is 12.0. The molecule has 0 aliphatic heterocycles. The SMILES string of the molecule is CCOc1ccc(N(CC(=O)N(Cc2ccc(C)cc2)C(CC)C(=O)NCC(C)C)S(=O)(=O)c2ccc(Br)cc2)cc1. The average molecular weight is 659 g/mol. The van der Waals surface area contributed by atoms with Crippen molar-refractivity contribution < 1.29 is 22.7 Å². The first-order valence-corrected chi connectivity index (χ1v) is 16.3. The summed E-state index contributed by atoms with van der Waals surface area (Å²) < 4.78 is 35.3. The predicted octanol–water partition coefficient (Wildman–Crippen LogP) is 5.93. The van der Waals surface area contributed by atoms with Crippen LogP contribution in [-0.4, -0.2) is 50.9 Å². The standard InChI is InChI=1S/C32H40BrN3O5S/c1-6-30(32(38)34-20-23(3)4)35(21-25-10-8-24(5)9-11-25)31(37)22-36(27-14-16-28(17-15-27)41-7-2)42(39,40)29-18-12-26(33)13-19-29/h8-19,23,30H,6-7,20-22H2,1-5H3,(H,34,38). The van der Waals surface area contributed by atoms with E-state index in [-0.39, 0.29) is 23.3 Å². The highest BCUT2D eigenvalue weighted by molar-refractivity contribution is 9.10. The molecule has 0 aliphatic rings. The van der Waals surface area contributed by atoms with Crippen molar-refractivity contribution in [2.24, 2.45) is 5.92 Å². The number of anilines is 1. The molecule has 3 aromatic rings. The van der Waals surface area contributed by atoms with Gasteiger partial charge in [-0.3, -0.25) is 13.9 Å². The van der Waals surface area contributed by atoms with Crippen LogP contribution < -0.4 is 14.4 Å². The maximum atomic E-state index is 14.2. The number of hydrogen-bond acceptors (Lipinski definition) is 5. The molecule has 0 saturated carbocycles. The Hall–Kier alpha value is -3.37. The van der Waals surface area contributed by atoms with E-state index in [0.717, 1.165) is 19.9 Å². The summed E-state index contributed by atoms with van der Waals surface area (Å²) >= 11 is 3.35. The fraction of sp³-hybridized carbons (Fsp3) is 0.375. The third kappa shape index (κ3) is 8.82. The third-order valence-corrected chi connectivity index (χ3v) is 8.98. The molecule has 42 heavy (non-hydrogen) atoms. The van der Waals surface area contributed by atoms with Gasteiger partial charge in [0.15, 0.2) is 0 Å². The van der Waals surface area contributed by atoms with E-state index in [1.54, 1.807) is 36.4 Å². The Bertz CT molecular complexity index is 1430. The second-order valence-corrected chi connectivity index (χ2v) is 13.2. The molecule has 0 spiro atoms. The van der Waals surface area contributed by atoms with Crippen molar-refractivity contribution in [2.75, 3.05) is 24.0 Å². The summed E-state index contributed by atoms with van der Waals surface area (Å²) in [6.45, 7) is 10.3. The van der Waals surface area contributed by atoms with Crippen LogP contribution in [0.25, 0.3) is 0 Å². The largest absolute Gasteiger partial charge is 0.494 e. The van der Waals surface area contributed by atoms with Crippen LogP contribution in [0, 0.1) is 12.8 Å². The van der Waals surface area contributed by atoms with Gasteiger partial charge in [0.2, 0.25) is 11.8 Å². The minimum absolute atomic E-state index is 0.0409. The number of aryl methyl sites for hydroxylation is 1. The van der Waals surface area contributed by atoms with Gasteiger partial charge < -0.3 is 15.0 Å².